The first-order valence-corrected chi connectivity index (χ1v) is 10.0. The molecule has 1 fully saturated rings. The van der Waals surface area contributed by atoms with Crippen LogP contribution in [0.5, 0.6) is 5.75 Å². The molecule has 1 N–H and O–H groups in total. The van der Waals surface area contributed by atoms with E-state index in [9.17, 15) is 4.79 Å². The van der Waals surface area contributed by atoms with E-state index in [1.807, 2.05) is 48.5 Å². The quantitative estimate of drug-likeness (QED) is 0.690. The third-order valence-electron chi connectivity index (χ3n) is 5.04. The highest BCUT2D eigenvalue weighted by atomic mass is 16.5. The van der Waals surface area contributed by atoms with E-state index in [1.54, 1.807) is 12.4 Å². The fraction of sp³-hybridized carbons (Fsp3) is 0.304. The predicted molar refractivity (Wildman–Crippen MR) is 111 cm³/mol. The van der Waals surface area contributed by atoms with Crippen molar-refractivity contribution in [2.75, 3.05) is 6.61 Å². The molecule has 29 heavy (non-hydrogen) atoms. The van der Waals surface area contributed by atoms with Crippen molar-refractivity contribution in [1.82, 2.24) is 20.3 Å². The molecule has 1 aromatic carbocycles. The minimum absolute atomic E-state index is 0.0293. The van der Waals surface area contributed by atoms with Crippen LogP contribution in [0.25, 0.3) is 22.8 Å². The molecule has 0 aliphatic heterocycles. The summed E-state index contributed by atoms with van der Waals surface area (Å²) in [7, 11) is 0. The normalized spacial score (nSPS) is 14.3. The minimum atomic E-state index is -0.0626. The van der Waals surface area contributed by atoms with Crippen LogP contribution in [0.2, 0.25) is 0 Å². The SMILES string of the molecule is O=C(COc1ccc(-c2nccc(-c3ccccn3)n2)cc1)NC1CCCCC1. The van der Waals surface area contributed by atoms with Gasteiger partial charge < -0.3 is 10.1 Å². The molecule has 1 saturated carbocycles. The van der Waals surface area contributed by atoms with Crippen LogP contribution in [0.1, 0.15) is 32.1 Å². The summed E-state index contributed by atoms with van der Waals surface area (Å²) in [5.41, 5.74) is 2.46. The molecule has 0 saturated heterocycles. The third-order valence-corrected chi connectivity index (χ3v) is 5.04. The van der Waals surface area contributed by atoms with Crippen molar-refractivity contribution in [3.63, 3.8) is 0 Å². The second-order valence-electron chi connectivity index (χ2n) is 7.20. The maximum Gasteiger partial charge on any atom is 0.258 e. The number of carbonyl (C=O) groups excluding carboxylic acids is 1. The summed E-state index contributed by atoms with van der Waals surface area (Å²) in [6.07, 6.45) is 9.26. The molecule has 6 nitrogen and oxygen atoms in total. The molecule has 0 bridgehead atoms. The smallest absolute Gasteiger partial charge is 0.258 e. The fourth-order valence-electron chi connectivity index (χ4n) is 3.52. The van der Waals surface area contributed by atoms with Crippen molar-refractivity contribution >= 4 is 5.91 Å². The number of aromatic nitrogens is 3. The van der Waals surface area contributed by atoms with E-state index in [-0.39, 0.29) is 12.5 Å². The Labute approximate surface area is 170 Å². The van der Waals surface area contributed by atoms with Gasteiger partial charge in [0.2, 0.25) is 0 Å². The largest absolute Gasteiger partial charge is 0.484 e. The number of amides is 1. The van der Waals surface area contributed by atoms with Gasteiger partial charge in [-0.25, -0.2) is 9.97 Å². The molecule has 2 heterocycles. The molecule has 1 amide bonds. The highest BCUT2D eigenvalue weighted by Gasteiger charge is 2.15. The van der Waals surface area contributed by atoms with Crippen molar-refractivity contribution in [3.8, 4) is 28.5 Å². The molecule has 0 unspecified atom stereocenters. The maximum atomic E-state index is 12.1. The molecule has 6 heteroatoms. The number of ether oxygens (including phenoxy) is 1. The average Bonchev–Trinajstić information content (AvgIpc) is 2.79. The van der Waals surface area contributed by atoms with Crippen LogP contribution < -0.4 is 10.1 Å². The lowest BCUT2D eigenvalue weighted by Crippen LogP contribution is -2.38. The van der Waals surface area contributed by atoms with E-state index >= 15 is 0 Å². The number of carbonyl (C=O) groups is 1. The molecule has 1 aliphatic carbocycles. The number of benzene rings is 1. The Hall–Kier alpha value is -3.28. The van der Waals surface area contributed by atoms with Crippen LogP contribution >= 0.6 is 0 Å². The zero-order valence-electron chi connectivity index (χ0n) is 16.3. The first-order valence-electron chi connectivity index (χ1n) is 10.0. The molecule has 0 spiro atoms. The van der Waals surface area contributed by atoms with Gasteiger partial charge in [0.1, 0.15) is 5.75 Å². The fourth-order valence-corrected chi connectivity index (χ4v) is 3.52. The van der Waals surface area contributed by atoms with Crippen molar-refractivity contribution in [3.05, 3.63) is 60.9 Å². The Morgan fingerprint density at radius 3 is 2.52 bits per heavy atom. The van der Waals surface area contributed by atoms with Gasteiger partial charge in [-0.15, -0.1) is 0 Å². The van der Waals surface area contributed by atoms with Gasteiger partial charge in [-0.3, -0.25) is 9.78 Å². The van der Waals surface area contributed by atoms with Gasteiger partial charge in [0.15, 0.2) is 12.4 Å². The van der Waals surface area contributed by atoms with Gasteiger partial charge in [-0.1, -0.05) is 25.3 Å². The second kappa shape index (κ2) is 9.28. The molecule has 1 aliphatic rings. The first-order chi connectivity index (χ1) is 14.3. The number of nitrogens with zero attached hydrogens (tertiary/aromatic N) is 3. The van der Waals surface area contributed by atoms with Gasteiger partial charge in [-0.2, -0.15) is 0 Å². The predicted octanol–water partition coefficient (Wildman–Crippen LogP) is 4.03. The molecule has 0 radical (unpaired) electrons. The van der Waals surface area contributed by atoms with Crippen LogP contribution in [0.4, 0.5) is 0 Å². The van der Waals surface area contributed by atoms with Crippen LogP contribution in [-0.4, -0.2) is 33.5 Å². The molecule has 0 atom stereocenters. The van der Waals surface area contributed by atoms with Gasteiger partial charge in [0.05, 0.1) is 11.4 Å². The number of pyridine rings is 1. The monoisotopic (exact) mass is 388 g/mol. The van der Waals surface area contributed by atoms with E-state index in [2.05, 4.69) is 20.3 Å². The number of rotatable bonds is 6. The zero-order chi connectivity index (χ0) is 19.9. The molecule has 148 valence electrons. The van der Waals surface area contributed by atoms with Crippen LogP contribution in [-0.2, 0) is 4.79 Å². The highest BCUT2D eigenvalue weighted by Crippen LogP contribution is 2.22. The van der Waals surface area contributed by atoms with E-state index in [4.69, 9.17) is 4.74 Å². The average molecular weight is 388 g/mol. The van der Waals surface area contributed by atoms with Crippen molar-refractivity contribution in [2.24, 2.45) is 0 Å². The van der Waals surface area contributed by atoms with Gasteiger partial charge in [0.25, 0.3) is 5.91 Å². The molecule has 3 aromatic rings. The van der Waals surface area contributed by atoms with Gasteiger partial charge >= 0.3 is 0 Å². The molecule has 4 rings (SSSR count). The zero-order valence-corrected chi connectivity index (χ0v) is 16.3. The summed E-state index contributed by atoms with van der Waals surface area (Å²) in [6, 6.07) is 15.3. The van der Waals surface area contributed by atoms with Gasteiger partial charge in [0, 0.05) is 24.0 Å². The Balaban J connectivity index is 1.36. The first kappa shape index (κ1) is 19.1. The Kier molecular flexibility index (Phi) is 6.10. The summed E-state index contributed by atoms with van der Waals surface area (Å²) in [6.45, 7) is 0.0293. The number of hydrogen-bond acceptors (Lipinski definition) is 5. The standard InChI is InChI=1S/C23H24N4O2/c28-22(26-18-6-2-1-3-7-18)16-29-19-11-9-17(10-12-19)23-25-15-13-21(27-23)20-8-4-5-14-24-20/h4-5,8-15,18H,1-3,6-7,16H2,(H,26,28). The molecule has 2 aromatic heterocycles. The molecular formula is C23H24N4O2. The lowest BCUT2D eigenvalue weighted by atomic mass is 9.95. The Morgan fingerprint density at radius 1 is 0.931 bits per heavy atom. The van der Waals surface area contributed by atoms with E-state index in [0.29, 0.717) is 17.6 Å². The van der Waals surface area contributed by atoms with E-state index < -0.39 is 0 Å². The summed E-state index contributed by atoms with van der Waals surface area (Å²) in [5, 5.41) is 3.06. The van der Waals surface area contributed by atoms with E-state index in [1.165, 1.54) is 19.3 Å². The minimum Gasteiger partial charge on any atom is -0.484 e. The number of nitrogens with one attached hydrogen (secondary N) is 1. The maximum absolute atomic E-state index is 12.1. The second-order valence-corrected chi connectivity index (χ2v) is 7.20. The lowest BCUT2D eigenvalue weighted by Gasteiger charge is -2.22. The van der Waals surface area contributed by atoms with Crippen LogP contribution in [0, 0.1) is 0 Å². The highest BCUT2D eigenvalue weighted by molar-refractivity contribution is 5.77. The van der Waals surface area contributed by atoms with Crippen LogP contribution in [0.3, 0.4) is 0 Å². The van der Waals surface area contributed by atoms with Crippen molar-refractivity contribution in [2.45, 2.75) is 38.1 Å². The third kappa shape index (κ3) is 5.16. The number of hydrogen-bond donors (Lipinski definition) is 1. The van der Waals surface area contributed by atoms with Crippen molar-refractivity contribution in [1.29, 1.82) is 0 Å². The lowest BCUT2D eigenvalue weighted by molar-refractivity contribution is -0.124. The van der Waals surface area contributed by atoms with E-state index in [0.717, 1.165) is 29.8 Å². The summed E-state index contributed by atoms with van der Waals surface area (Å²) < 4.78 is 5.63. The summed E-state index contributed by atoms with van der Waals surface area (Å²) in [5.74, 6) is 1.20. The van der Waals surface area contributed by atoms with Crippen LogP contribution in [0.15, 0.2) is 60.9 Å². The Morgan fingerprint density at radius 2 is 1.76 bits per heavy atom. The summed E-state index contributed by atoms with van der Waals surface area (Å²) >= 11 is 0. The van der Waals surface area contributed by atoms with Crippen molar-refractivity contribution < 1.29 is 9.53 Å². The summed E-state index contributed by atoms with van der Waals surface area (Å²) in [4.78, 5) is 25.4. The molecular weight excluding hydrogens is 364 g/mol. The van der Waals surface area contributed by atoms with Gasteiger partial charge in [-0.05, 0) is 55.3 Å². The Bertz CT molecular complexity index is 939. The topological polar surface area (TPSA) is 77.0 Å².